The number of nitrogens with zero attached hydrogens (tertiary/aromatic N) is 3. The summed E-state index contributed by atoms with van der Waals surface area (Å²) >= 11 is 0. The molecule has 0 fully saturated rings. The highest BCUT2D eigenvalue weighted by Gasteiger charge is 2.07. The first-order valence-electron chi connectivity index (χ1n) is 5.90. The van der Waals surface area contributed by atoms with Crippen LogP contribution in [0, 0.1) is 0 Å². The Kier molecular flexibility index (Phi) is 2.78. The third kappa shape index (κ3) is 1.76. The molecule has 0 aliphatic heterocycles. The zero-order valence-electron chi connectivity index (χ0n) is 10.2. The van der Waals surface area contributed by atoms with Crippen LogP contribution >= 0.6 is 0 Å². The number of fused-ring (bicyclic) bond motifs is 1. The monoisotopic (exact) mass is 238 g/mol. The summed E-state index contributed by atoms with van der Waals surface area (Å²) in [6.45, 7) is 0.810. The molecule has 0 aliphatic carbocycles. The number of rotatable bonds is 3. The first kappa shape index (κ1) is 10.9. The molecule has 4 nitrogen and oxygen atoms in total. The first-order valence-corrected chi connectivity index (χ1v) is 5.90. The van der Waals surface area contributed by atoms with E-state index in [1.165, 1.54) is 5.56 Å². The third-order valence-electron chi connectivity index (χ3n) is 2.97. The number of imidazole rings is 1. The average molecular weight is 238 g/mol. The molecule has 90 valence electrons. The maximum atomic E-state index is 4.41. The molecule has 0 aliphatic rings. The Morgan fingerprint density at radius 1 is 1.22 bits per heavy atom. The van der Waals surface area contributed by atoms with Gasteiger partial charge in [-0.05, 0) is 30.8 Å². The molecule has 2 aromatic heterocycles. The van der Waals surface area contributed by atoms with Crippen molar-refractivity contribution >= 4 is 11.0 Å². The second-order valence-electron chi connectivity index (χ2n) is 4.14. The van der Waals surface area contributed by atoms with Crippen molar-refractivity contribution in [2.45, 2.75) is 6.54 Å². The van der Waals surface area contributed by atoms with Crippen molar-refractivity contribution in [1.29, 1.82) is 0 Å². The minimum Gasteiger partial charge on any atom is -0.316 e. The van der Waals surface area contributed by atoms with E-state index in [1.807, 2.05) is 50.0 Å². The normalized spacial score (nSPS) is 10.9. The van der Waals surface area contributed by atoms with Crippen molar-refractivity contribution in [1.82, 2.24) is 19.9 Å². The fourth-order valence-corrected chi connectivity index (χ4v) is 2.12. The van der Waals surface area contributed by atoms with Crippen LogP contribution in [0.5, 0.6) is 0 Å². The fraction of sp³-hybridized carbons (Fsp3) is 0.143. The predicted octanol–water partition coefficient (Wildman–Crippen LogP) is 2.14. The molecule has 4 heteroatoms. The van der Waals surface area contributed by atoms with Crippen molar-refractivity contribution in [3.63, 3.8) is 0 Å². The molecule has 0 saturated carbocycles. The molecule has 1 aromatic carbocycles. The van der Waals surface area contributed by atoms with E-state index in [2.05, 4.69) is 25.9 Å². The Morgan fingerprint density at radius 2 is 2.11 bits per heavy atom. The molecular formula is C14H14N4. The van der Waals surface area contributed by atoms with Gasteiger partial charge in [-0.25, -0.2) is 4.98 Å². The molecule has 0 bridgehead atoms. The number of nitrogens with one attached hydrogen (secondary N) is 1. The second kappa shape index (κ2) is 4.58. The lowest BCUT2D eigenvalue weighted by atomic mass is 10.2. The van der Waals surface area contributed by atoms with Gasteiger partial charge in [0.2, 0.25) is 0 Å². The van der Waals surface area contributed by atoms with Gasteiger partial charge in [0.15, 0.2) is 0 Å². The van der Waals surface area contributed by atoms with Crippen molar-refractivity contribution in [2.24, 2.45) is 0 Å². The summed E-state index contributed by atoms with van der Waals surface area (Å²) in [7, 11) is 1.94. The van der Waals surface area contributed by atoms with Crippen LogP contribution in [0.1, 0.15) is 5.56 Å². The zero-order chi connectivity index (χ0) is 12.4. The zero-order valence-corrected chi connectivity index (χ0v) is 10.2. The fourth-order valence-electron chi connectivity index (χ4n) is 2.12. The van der Waals surface area contributed by atoms with Crippen molar-refractivity contribution in [2.75, 3.05) is 7.05 Å². The van der Waals surface area contributed by atoms with Gasteiger partial charge in [0, 0.05) is 12.7 Å². The Hall–Kier alpha value is -2.20. The molecule has 0 amide bonds. The van der Waals surface area contributed by atoms with Gasteiger partial charge in [0.05, 0.1) is 22.9 Å². The SMILES string of the molecule is CNCc1ccncc1-n1cnc2ccccc21. The van der Waals surface area contributed by atoms with E-state index in [-0.39, 0.29) is 0 Å². The molecule has 0 unspecified atom stereocenters. The van der Waals surface area contributed by atoms with Crippen LogP contribution < -0.4 is 5.32 Å². The van der Waals surface area contributed by atoms with E-state index in [1.54, 1.807) is 0 Å². The van der Waals surface area contributed by atoms with Crippen LogP contribution in [0.15, 0.2) is 49.1 Å². The number of para-hydroxylation sites is 2. The van der Waals surface area contributed by atoms with Gasteiger partial charge in [-0.3, -0.25) is 9.55 Å². The van der Waals surface area contributed by atoms with Gasteiger partial charge < -0.3 is 5.32 Å². The molecule has 18 heavy (non-hydrogen) atoms. The highest BCUT2D eigenvalue weighted by atomic mass is 15.1. The number of pyridine rings is 1. The topological polar surface area (TPSA) is 42.7 Å². The first-order chi connectivity index (χ1) is 8.90. The summed E-state index contributed by atoms with van der Waals surface area (Å²) in [5.74, 6) is 0. The predicted molar refractivity (Wildman–Crippen MR) is 71.6 cm³/mol. The minimum atomic E-state index is 0.810. The molecule has 0 atom stereocenters. The largest absolute Gasteiger partial charge is 0.316 e. The maximum Gasteiger partial charge on any atom is 0.100 e. The van der Waals surface area contributed by atoms with Crippen molar-refractivity contribution in [3.05, 3.63) is 54.6 Å². The van der Waals surface area contributed by atoms with Crippen LogP contribution in [-0.4, -0.2) is 21.6 Å². The van der Waals surface area contributed by atoms with E-state index in [0.29, 0.717) is 0 Å². The molecule has 3 rings (SSSR count). The quantitative estimate of drug-likeness (QED) is 0.760. The molecule has 1 N–H and O–H groups in total. The molecule has 0 saturated heterocycles. The summed E-state index contributed by atoms with van der Waals surface area (Å²) in [6, 6.07) is 10.1. The average Bonchev–Trinajstić information content (AvgIpc) is 2.84. The van der Waals surface area contributed by atoms with E-state index in [4.69, 9.17) is 0 Å². The third-order valence-corrected chi connectivity index (χ3v) is 2.97. The smallest absolute Gasteiger partial charge is 0.100 e. The van der Waals surface area contributed by atoms with Gasteiger partial charge in [0.1, 0.15) is 6.33 Å². The van der Waals surface area contributed by atoms with Gasteiger partial charge in [-0.2, -0.15) is 0 Å². The lowest BCUT2D eigenvalue weighted by Crippen LogP contribution is -2.09. The number of hydrogen-bond donors (Lipinski definition) is 1. The van der Waals surface area contributed by atoms with Crippen molar-refractivity contribution < 1.29 is 0 Å². The molecule has 0 radical (unpaired) electrons. The van der Waals surface area contributed by atoms with E-state index < -0.39 is 0 Å². The minimum absolute atomic E-state index is 0.810. The number of hydrogen-bond acceptors (Lipinski definition) is 3. The summed E-state index contributed by atoms with van der Waals surface area (Å²) in [4.78, 5) is 8.63. The van der Waals surface area contributed by atoms with Gasteiger partial charge in [-0.1, -0.05) is 12.1 Å². The van der Waals surface area contributed by atoms with E-state index in [0.717, 1.165) is 23.3 Å². The van der Waals surface area contributed by atoms with Crippen molar-refractivity contribution in [3.8, 4) is 5.69 Å². The van der Waals surface area contributed by atoms with Crippen LogP contribution in [0.4, 0.5) is 0 Å². The Bertz CT molecular complexity index is 672. The lowest BCUT2D eigenvalue weighted by molar-refractivity contribution is 0.806. The standard InChI is InChI=1S/C14H14N4/c1-15-8-11-6-7-16-9-14(11)18-10-17-12-4-2-3-5-13(12)18/h2-7,9-10,15H,8H2,1H3. The van der Waals surface area contributed by atoms with E-state index >= 15 is 0 Å². The Balaban J connectivity index is 2.20. The number of aromatic nitrogens is 3. The van der Waals surface area contributed by atoms with Crippen LogP contribution in [0.25, 0.3) is 16.7 Å². The molecule has 0 spiro atoms. The lowest BCUT2D eigenvalue weighted by Gasteiger charge is -2.10. The summed E-state index contributed by atoms with van der Waals surface area (Å²) in [6.07, 6.45) is 5.54. The van der Waals surface area contributed by atoms with Gasteiger partial charge >= 0.3 is 0 Å². The van der Waals surface area contributed by atoms with Gasteiger partial charge in [-0.15, -0.1) is 0 Å². The molecule has 2 heterocycles. The van der Waals surface area contributed by atoms with Crippen LogP contribution in [0.2, 0.25) is 0 Å². The van der Waals surface area contributed by atoms with Gasteiger partial charge in [0.25, 0.3) is 0 Å². The second-order valence-corrected chi connectivity index (χ2v) is 4.14. The summed E-state index contributed by atoms with van der Waals surface area (Å²) in [5.41, 5.74) is 4.37. The molecular weight excluding hydrogens is 224 g/mol. The van der Waals surface area contributed by atoms with E-state index in [9.17, 15) is 0 Å². The summed E-state index contributed by atoms with van der Waals surface area (Å²) in [5, 5.41) is 3.17. The highest BCUT2D eigenvalue weighted by Crippen LogP contribution is 2.19. The highest BCUT2D eigenvalue weighted by molar-refractivity contribution is 5.77. The molecule has 3 aromatic rings. The van der Waals surface area contributed by atoms with Crippen LogP contribution in [-0.2, 0) is 6.54 Å². The Morgan fingerprint density at radius 3 is 3.00 bits per heavy atom. The Labute approximate surface area is 105 Å². The van der Waals surface area contributed by atoms with Crippen LogP contribution in [0.3, 0.4) is 0 Å². The maximum absolute atomic E-state index is 4.41. The number of benzene rings is 1. The summed E-state index contributed by atoms with van der Waals surface area (Å²) < 4.78 is 2.08.